The monoisotopic (exact) mass is 466 g/mol. The summed E-state index contributed by atoms with van der Waals surface area (Å²) in [4.78, 5) is 25.4. The number of fused-ring (bicyclic) bond motifs is 5. The molecule has 7 nitrogen and oxygen atoms in total. The van der Waals surface area contributed by atoms with Gasteiger partial charge in [0.25, 0.3) is 5.91 Å². The highest BCUT2D eigenvalue weighted by Gasteiger charge is 2.63. The number of aromatic nitrogens is 1. The minimum atomic E-state index is -1.28. The average Bonchev–Trinajstić information content (AvgIpc) is 2.95. The summed E-state index contributed by atoms with van der Waals surface area (Å²) in [5, 5.41) is 16.6. The van der Waals surface area contributed by atoms with Crippen LogP contribution in [0.4, 0.5) is 4.79 Å². The molecule has 0 spiro atoms. The molecule has 2 aliphatic heterocycles. The van der Waals surface area contributed by atoms with Crippen LogP contribution in [0, 0.1) is 3.57 Å². The number of likely N-dealkylation sites (N-methyl/N-ethyl adjacent to an activating group) is 1. The Bertz CT molecular complexity index is 692. The Morgan fingerprint density at radius 2 is 2.19 bits per heavy atom. The summed E-state index contributed by atoms with van der Waals surface area (Å²) in [7, 11) is 1.57. The summed E-state index contributed by atoms with van der Waals surface area (Å²) in [6, 6.07) is 0.555. The SMILES string of the molecule is CN1C(=O)N[C@H]2[C@@H]3NC(=O)c4cc(I)c(Br)n4[C@@H]3C[C@]21O. The smallest absolute Gasteiger partial charge is 0.319 e. The third-order valence-corrected chi connectivity index (χ3v) is 7.11. The van der Waals surface area contributed by atoms with Crippen molar-refractivity contribution < 1.29 is 14.7 Å². The van der Waals surface area contributed by atoms with Crippen molar-refractivity contribution in [3.63, 3.8) is 0 Å². The normalized spacial score (nSPS) is 37.0. The fraction of sp³-hybridized carbons (Fsp3) is 0.500. The van der Waals surface area contributed by atoms with Gasteiger partial charge in [-0.2, -0.15) is 0 Å². The number of carbonyl (C=O) groups excluding carboxylic acids is 2. The highest BCUT2D eigenvalue weighted by molar-refractivity contribution is 14.1. The Morgan fingerprint density at radius 1 is 1.48 bits per heavy atom. The number of rotatable bonds is 0. The largest absolute Gasteiger partial charge is 0.368 e. The van der Waals surface area contributed by atoms with Crippen LogP contribution in [0.15, 0.2) is 10.7 Å². The van der Waals surface area contributed by atoms with Crippen LogP contribution in [0.5, 0.6) is 0 Å². The lowest BCUT2D eigenvalue weighted by Crippen LogP contribution is -2.56. The Hall–Kier alpha value is -0.810. The molecule has 3 N–H and O–H groups in total. The zero-order valence-corrected chi connectivity index (χ0v) is 14.7. The minimum absolute atomic E-state index is 0.103. The zero-order chi connectivity index (χ0) is 15.1. The highest BCUT2D eigenvalue weighted by atomic mass is 127. The van der Waals surface area contributed by atoms with Crippen molar-refractivity contribution in [2.45, 2.75) is 30.3 Å². The lowest BCUT2D eigenvalue weighted by atomic mass is 10.1. The molecule has 0 unspecified atom stereocenters. The number of amides is 3. The third-order valence-electron chi connectivity index (χ3n) is 4.74. The van der Waals surface area contributed by atoms with Gasteiger partial charge in [0.2, 0.25) is 0 Å². The maximum Gasteiger partial charge on any atom is 0.319 e. The van der Waals surface area contributed by atoms with Crippen LogP contribution in [0.3, 0.4) is 0 Å². The predicted octanol–water partition coefficient (Wildman–Crippen LogP) is 0.624. The number of carbonyl (C=O) groups is 2. The second kappa shape index (κ2) is 4.13. The molecule has 0 radical (unpaired) electrons. The number of nitrogens with zero attached hydrogens (tertiary/aromatic N) is 2. The molecule has 3 heterocycles. The van der Waals surface area contributed by atoms with Crippen LogP contribution < -0.4 is 10.6 Å². The lowest BCUT2D eigenvalue weighted by Gasteiger charge is -2.32. The second-order valence-corrected chi connectivity index (χ2v) is 7.59. The van der Waals surface area contributed by atoms with Crippen molar-refractivity contribution in [1.29, 1.82) is 0 Å². The van der Waals surface area contributed by atoms with Crippen molar-refractivity contribution in [1.82, 2.24) is 20.1 Å². The van der Waals surface area contributed by atoms with E-state index < -0.39 is 11.8 Å². The summed E-state index contributed by atoms with van der Waals surface area (Å²) in [5.74, 6) is -0.187. The molecule has 1 aliphatic carbocycles. The molecular formula is C12H12BrIN4O3. The summed E-state index contributed by atoms with van der Waals surface area (Å²) < 4.78 is 3.70. The molecular weight excluding hydrogens is 455 g/mol. The predicted molar refractivity (Wildman–Crippen MR) is 84.8 cm³/mol. The van der Waals surface area contributed by atoms with Gasteiger partial charge in [0.15, 0.2) is 5.72 Å². The van der Waals surface area contributed by atoms with E-state index in [2.05, 4.69) is 49.2 Å². The first-order chi connectivity index (χ1) is 9.84. The van der Waals surface area contributed by atoms with Gasteiger partial charge in [0, 0.05) is 17.0 Å². The highest BCUT2D eigenvalue weighted by Crippen LogP contribution is 2.47. The van der Waals surface area contributed by atoms with Crippen LogP contribution >= 0.6 is 38.5 Å². The van der Waals surface area contributed by atoms with Gasteiger partial charge in [-0.25, -0.2) is 4.79 Å². The van der Waals surface area contributed by atoms with Gasteiger partial charge in [-0.1, -0.05) is 0 Å². The van der Waals surface area contributed by atoms with Gasteiger partial charge >= 0.3 is 6.03 Å². The molecule has 0 bridgehead atoms. The molecule has 0 aromatic carbocycles. The van der Waals surface area contributed by atoms with E-state index in [1.807, 2.05) is 10.6 Å². The number of hydrogen-bond acceptors (Lipinski definition) is 3. The van der Waals surface area contributed by atoms with Crippen molar-refractivity contribution in [2.24, 2.45) is 0 Å². The molecule has 1 aromatic rings. The van der Waals surface area contributed by atoms with Crippen LogP contribution in [0.1, 0.15) is 23.0 Å². The Labute approximate surface area is 142 Å². The van der Waals surface area contributed by atoms with E-state index in [0.717, 1.165) is 8.17 Å². The fourth-order valence-electron chi connectivity index (χ4n) is 3.65. The van der Waals surface area contributed by atoms with Gasteiger partial charge in [0.05, 0.1) is 16.7 Å². The summed E-state index contributed by atoms with van der Waals surface area (Å²) in [6.45, 7) is 0. The number of urea groups is 1. The Kier molecular flexibility index (Phi) is 2.72. The molecule has 1 saturated carbocycles. The number of halogens is 2. The molecule has 2 fully saturated rings. The maximum atomic E-state index is 12.3. The van der Waals surface area contributed by atoms with Crippen LogP contribution in [-0.2, 0) is 0 Å². The van der Waals surface area contributed by atoms with Crippen LogP contribution in [-0.4, -0.2) is 51.4 Å². The quantitative estimate of drug-likeness (QED) is 0.490. The van der Waals surface area contributed by atoms with Crippen LogP contribution in [0.25, 0.3) is 0 Å². The van der Waals surface area contributed by atoms with E-state index in [4.69, 9.17) is 0 Å². The van der Waals surface area contributed by atoms with Crippen LogP contribution in [0.2, 0.25) is 0 Å². The molecule has 21 heavy (non-hydrogen) atoms. The van der Waals surface area contributed by atoms with Crippen molar-refractivity contribution >= 4 is 50.5 Å². The molecule has 3 amide bonds. The molecule has 1 saturated heterocycles. The topological polar surface area (TPSA) is 86.6 Å². The third kappa shape index (κ3) is 1.57. The first-order valence-corrected chi connectivity index (χ1v) is 8.35. The van der Waals surface area contributed by atoms with Crippen molar-refractivity contribution in [3.05, 3.63) is 19.9 Å². The van der Waals surface area contributed by atoms with E-state index in [1.54, 1.807) is 7.05 Å². The van der Waals surface area contributed by atoms with Crippen molar-refractivity contribution in [3.8, 4) is 0 Å². The summed E-state index contributed by atoms with van der Waals surface area (Å²) in [5.41, 5.74) is -0.707. The number of nitrogens with one attached hydrogen (secondary N) is 2. The van der Waals surface area contributed by atoms with E-state index in [0.29, 0.717) is 12.1 Å². The Balaban J connectivity index is 1.85. The summed E-state index contributed by atoms with van der Waals surface area (Å²) in [6.07, 6.45) is 0.369. The average molecular weight is 467 g/mol. The van der Waals surface area contributed by atoms with E-state index in [9.17, 15) is 14.7 Å². The summed E-state index contributed by atoms with van der Waals surface area (Å²) >= 11 is 5.68. The zero-order valence-electron chi connectivity index (χ0n) is 10.9. The second-order valence-electron chi connectivity index (χ2n) is 5.67. The van der Waals surface area contributed by atoms with Gasteiger partial charge in [-0.05, 0) is 44.6 Å². The fourth-order valence-corrected chi connectivity index (χ4v) is 4.78. The van der Waals surface area contributed by atoms with Gasteiger partial charge in [0.1, 0.15) is 11.7 Å². The molecule has 112 valence electrons. The molecule has 1 aromatic heterocycles. The lowest BCUT2D eigenvalue weighted by molar-refractivity contribution is -0.0561. The molecule has 3 aliphatic rings. The van der Waals surface area contributed by atoms with Gasteiger partial charge in [-0.15, -0.1) is 0 Å². The van der Waals surface area contributed by atoms with Gasteiger partial charge in [-0.3, -0.25) is 9.69 Å². The van der Waals surface area contributed by atoms with Crippen molar-refractivity contribution in [2.75, 3.05) is 7.05 Å². The first kappa shape index (κ1) is 13.8. The standard InChI is InChI=1S/C12H12BrIN4O3/c1-17-11(20)16-8-7-6(3-12(8,17)21)18-5(10(19)15-7)2-4(14)9(18)13/h2,6-8,21H,3H2,1H3,(H,15,19)(H,16,20)/t6-,7-,8+,12+/m1/s1. The van der Waals surface area contributed by atoms with E-state index in [1.165, 1.54) is 4.90 Å². The maximum absolute atomic E-state index is 12.3. The first-order valence-electron chi connectivity index (χ1n) is 6.48. The minimum Gasteiger partial charge on any atom is -0.368 e. The number of aliphatic hydroxyl groups is 1. The Morgan fingerprint density at radius 3 is 2.90 bits per heavy atom. The van der Waals surface area contributed by atoms with E-state index >= 15 is 0 Å². The van der Waals surface area contributed by atoms with Gasteiger partial charge < -0.3 is 20.3 Å². The number of hydrogen-bond donors (Lipinski definition) is 3. The molecule has 9 heteroatoms. The molecule has 4 rings (SSSR count). The van der Waals surface area contributed by atoms with E-state index in [-0.39, 0.29) is 24.0 Å². The molecule has 4 atom stereocenters.